The predicted molar refractivity (Wildman–Crippen MR) is 102 cm³/mol. The van der Waals surface area contributed by atoms with Gasteiger partial charge in [-0.1, -0.05) is 17.7 Å². The van der Waals surface area contributed by atoms with Crippen LogP contribution in [0.4, 0.5) is 5.82 Å². The van der Waals surface area contributed by atoms with Gasteiger partial charge in [-0.25, -0.2) is 4.98 Å². The van der Waals surface area contributed by atoms with Gasteiger partial charge in [0.05, 0.1) is 0 Å². The number of carbonyl (C=O) groups excluding carboxylic acids is 1. The molecular weight excluding hydrogens is 350 g/mol. The van der Waals surface area contributed by atoms with E-state index >= 15 is 0 Å². The number of anilines is 1. The molecule has 0 saturated carbocycles. The van der Waals surface area contributed by atoms with Gasteiger partial charge >= 0.3 is 0 Å². The van der Waals surface area contributed by atoms with E-state index in [0.717, 1.165) is 16.8 Å². The fraction of sp³-hybridized carbons (Fsp3) is 0.150. The molecule has 0 aliphatic carbocycles. The molecule has 3 rings (SSSR count). The van der Waals surface area contributed by atoms with Gasteiger partial charge in [0.15, 0.2) is 0 Å². The fourth-order valence-electron chi connectivity index (χ4n) is 2.50. The maximum absolute atomic E-state index is 12.4. The molecule has 6 heteroatoms. The Morgan fingerprint density at radius 2 is 2.00 bits per heavy atom. The molecule has 0 atom stereocenters. The Balaban J connectivity index is 1.69. The van der Waals surface area contributed by atoms with Gasteiger partial charge in [-0.3, -0.25) is 9.78 Å². The number of rotatable bonds is 5. The molecule has 0 fully saturated rings. The van der Waals surface area contributed by atoms with Crippen LogP contribution < -0.4 is 10.1 Å². The fourth-order valence-corrected chi connectivity index (χ4v) is 2.68. The molecule has 1 amide bonds. The molecule has 0 unspecified atom stereocenters. The molecule has 0 radical (unpaired) electrons. The van der Waals surface area contributed by atoms with E-state index < -0.39 is 0 Å². The number of nitrogens with one attached hydrogen (secondary N) is 1. The van der Waals surface area contributed by atoms with Crippen molar-refractivity contribution in [1.29, 1.82) is 0 Å². The van der Waals surface area contributed by atoms with Gasteiger partial charge in [0.1, 0.15) is 23.9 Å². The first kappa shape index (κ1) is 17.9. The molecule has 0 bridgehead atoms. The summed E-state index contributed by atoms with van der Waals surface area (Å²) in [4.78, 5) is 20.9. The first-order valence-corrected chi connectivity index (χ1v) is 8.47. The lowest BCUT2D eigenvalue weighted by atomic mass is 10.2. The number of aryl methyl sites for hydroxylation is 2. The molecule has 0 aliphatic heterocycles. The van der Waals surface area contributed by atoms with Crippen molar-refractivity contribution in [2.75, 3.05) is 5.32 Å². The van der Waals surface area contributed by atoms with Crippen LogP contribution >= 0.6 is 11.6 Å². The molecular formula is C20H18ClN3O2. The zero-order chi connectivity index (χ0) is 18.5. The zero-order valence-corrected chi connectivity index (χ0v) is 15.2. The van der Waals surface area contributed by atoms with Crippen LogP contribution in [0.5, 0.6) is 5.75 Å². The minimum atomic E-state index is -0.313. The third-order valence-corrected chi connectivity index (χ3v) is 3.83. The van der Waals surface area contributed by atoms with Gasteiger partial charge in [0.25, 0.3) is 5.91 Å². The van der Waals surface area contributed by atoms with Crippen LogP contribution in [0.25, 0.3) is 0 Å². The van der Waals surface area contributed by atoms with Gasteiger partial charge in [-0.2, -0.15) is 0 Å². The lowest BCUT2D eigenvalue weighted by molar-refractivity contribution is 0.102. The first-order valence-electron chi connectivity index (χ1n) is 8.09. The van der Waals surface area contributed by atoms with Crippen molar-refractivity contribution in [2.24, 2.45) is 0 Å². The number of hydrogen-bond acceptors (Lipinski definition) is 4. The van der Waals surface area contributed by atoms with E-state index in [0.29, 0.717) is 28.9 Å². The number of aromatic nitrogens is 2. The van der Waals surface area contributed by atoms with Crippen LogP contribution in [0.1, 0.15) is 27.3 Å². The minimum absolute atomic E-state index is 0.304. The van der Waals surface area contributed by atoms with E-state index in [4.69, 9.17) is 16.3 Å². The second-order valence-electron chi connectivity index (χ2n) is 5.92. The van der Waals surface area contributed by atoms with Crippen LogP contribution in [-0.4, -0.2) is 15.9 Å². The Morgan fingerprint density at radius 3 is 2.77 bits per heavy atom. The van der Waals surface area contributed by atoms with E-state index in [1.165, 1.54) is 0 Å². The van der Waals surface area contributed by atoms with Crippen molar-refractivity contribution in [3.05, 3.63) is 82.3 Å². The molecule has 2 heterocycles. The highest BCUT2D eigenvalue weighted by atomic mass is 35.5. The molecule has 1 aromatic carbocycles. The van der Waals surface area contributed by atoms with Crippen LogP contribution in [0.15, 0.2) is 54.7 Å². The van der Waals surface area contributed by atoms with Crippen LogP contribution in [0.3, 0.4) is 0 Å². The average molecular weight is 368 g/mol. The Hall–Kier alpha value is -2.92. The van der Waals surface area contributed by atoms with E-state index in [2.05, 4.69) is 15.3 Å². The summed E-state index contributed by atoms with van der Waals surface area (Å²) in [7, 11) is 0. The lowest BCUT2D eigenvalue weighted by Gasteiger charge is -2.09. The number of carbonyl (C=O) groups is 1. The van der Waals surface area contributed by atoms with Crippen molar-refractivity contribution in [3.63, 3.8) is 0 Å². The van der Waals surface area contributed by atoms with Gasteiger partial charge in [-0.15, -0.1) is 0 Å². The summed E-state index contributed by atoms with van der Waals surface area (Å²) in [5, 5.41) is 3.39. The number of nitrogens with zero attached hydrogens (tertiary/aromatic N) is 2. The number of pyridine rings is 2. The Bertz CT molecular complexity index is 924. The number of benzene rings is 1. The van der Waals surface area contributed by atoms with Crippen molar-refractivity contribution < 1.29 is 9.53 Å². The molecule has 0 aliphatic rings. The third kappa shape index (κ3) is 4.80. The van der Waals surface area contributed by atoms with Crippen molar-refractivity contribution in [1.82, 2.24) is 9.97 Å². The SMILES string of the molecule is Cc1cc(C)nc(NC(=O)c2cc(COc3cccc(Cl)c3)ccn2)c1. The molecule has 26 heavy (non-hydrogen) atoms. The van der Waals surface area contributed by atoms with E-state index in [9.17, 15) is 4.79 Å². The summed E-state index contributed by atoms with van der Waals surface area (Å²) in [5.74, 6) is 0.863. The summed E-state index contributed by atoms with van der Waals surface area (Å²) < 4.78 is 5.70. The summed E-state index contributed by atoms with van der Waals surface area (Å²) >= 11 is 5.94. The maximum atomic E-state index is 12.4. The summed E-state index contributed by atoms with van der Waals surface area (Å²) in [6.07, 6.45) is 1.58. The number of halogens is 1. The number of ether oxygens (including phenoxy) is 1. The Kier molecular flexibility index (Phi) is 5.49. The average Bonchev–Trinajstić information content (AvgIpc) is 2.59. The molecule has 1 N–H and O–H groups in total. The summed E-state index contributed by atoms with van der Waals surface area (Å²) in [5.41, 5.74) is 3.01. The normalized spacial score (nSPS) is 10.4. The Morgan fingerprint density at radius 1 is 1.15 bits per heavy atom. The van der Waals surface area contributed by atoms with Crippen molar-refractivity contribution in [3.8, 4) is 5.75 Å². The van der Waals surface area contributed by atoms with Crippen molar-refractivity contribution >= 4 is 23.3 Å². The first-order chi connectivity index (χ1) is 12.5. The highest BCUT2D eigenvalue weighted by molar-refractivity contribution is 6.30. The Labute approximate surface area is 157 Å². The summed E-state index contributed by atoms with van der Waals surface area (Å²) in [6, 6.07) is 14.4. The number of hydrogen-bond donors (Lipinski definition) is 1. The molecule has 3 aromatic rings. The van der Waals surface area contributed by atoms with Gasteiger partial charge < -0.3 is 10.1 Å². The highest BCUT2D eigenvalue weighted by Gasteiger charge is 2.10. The van der Waals surface area contributed by atoms with E-state index in [1.54, 1.807) is 30.5 Å². The molecule has 2 aromatic heterocycles. The second-order valence-corrected chi connectivity index (χ2v) is 6.36. The minimum Gasteiger partial charge on any atom is -0.489 e. The van der Waals surface area contributed by atoms with Gasteiger partial charge in [0.2, 0.25) is 0 Å². The van der Waals surface area contributed by atoms with E-state index in [1.807, 2.05) is 38.1 Å². The van der Waals surface area contributed by atoms with Crippen LogP contribution in [0, 0.1) is 13.8 Å². The van der Waals surface area contributed by atoms with Crippen molar-refractivity contribution in [2.45, 2.75) is 20.5 Å². The van der Waals surface area contributed by atoms with Crippen LogP contribution in [-0.2, 0) is 6.61 Å². The quantitative estimate of drug-likeness (QED) is 0.717. The maximum Gasteiger partial charge on any atom is 0.275 e. The van der Waals surface area contributed by atoms with E-state index in [-0.39, 0.29) is 5.91 Å². The molecule has 0 saturated heterocycles. The monoisotopic (exact) mass is 367 g/mol. The zero-order valence-electron chi connectivity index (χ0n) is 14.5. The van der Waals surface area contributed by atoms with Gasteiger partial charge in [0, 0.05) is 16.9 Å². The smallest absolute Gasteiger partial charge is 0.275 e. The molecule has 132 valence electrons. The predicted octanol–water partition coefficient (Wildman–Crippen LogP) is 4.58. The highest BCUT2D eigenvalue weighted by Crippen LogP contribution is 2.18. The van der Waals surface area contributed by atoms with Crippen LogP contribution in [0.2, 0.25) is 5.02 Å². The molecule has 0 spiro atoms. The van der Waals surface area contributed by atoms with Gasteiger partial charge in [-0.05, 0) is 67.4 Å². The largest absolute Gasteiger partial charge is 0.489 e. The second kappa shape index (κ2) is 7.97. The molecule has 5 nitrogen and oxygen atoms in total. The lowest BCUT2D eigenvalue weighted by Crippen LogP contribution is -2.15. The summed E-state index contributed by atoms with van der Waals surface area (Å²) in [6.45, 7) is 4.15. The third-order valence-electron chi connectivity index (χ3n) is 3.60. The number of amides is 1. The topological polar surface area (TPSA) is 64.1 Å². The standard InChI is InChI=1S/C20H18ClN3O2/c1-13-8-14(2)23-19(9-13)24-20(25)18-10-15(6-7-22-18)12-26-17-5-3-4-16(21)11-17/h3-11H,12H2,1-2H3,(H,23,24,25).